The van der Waals surface area contributed by atoms with Crippen LogP contribution in [0, 0.1) is 0 Å². The molecule has 3 amide bonds. The maximum atomic E-state index is 13.4. The Morgan fingerprint density at radius 1 is 1.00 bits per heavy atom. The quantitative estimate of drug-likeness (QED) is 0.638. The molecule has 3 aliphatic rings. The van der Waals surface area contributed by atoms with E-state index in [0.717, 1.165) is 4.90 Å². The van der Waals surface area contributed by atoms with Gasteiger partial charge in [0.15, 0.2) is 0 Å². The molecule has 0 aromatic rings. The summed E-state index contributed by atoms with van der Waals surface area (Å²) >= 11 is 0. The molecule has 0 bridgehead atoms. The monoisotopic (exact) mass is 433 g/mol. The van der Waals surface area contributed by atoms with Crippen LogP contribution < -0.4 is 0 Å². The summed E-state index contributed by atoms with van der Waals surface area (Å²) in [5.41, 5.74) is -1.66. The molecule has 1 aliphatic carbocycles. The third-order valence-corrected chi connectivity index (χ3v) is 6.17. The first-order chi connectivity index (χ1) is 13.7. The van der Waals surface area contributed by atoms with E-state index in [-0.39, 0.29) is 25.0 Å². The van der Waals surface area contributed by atoms with Crippen LogP contribution in [0.5, 0.6) is 0 Å². The topological polar surface area (TPSA) is 70.2 Å². The van der Waals surface area contributed by atoms with Gasteiger partial charge in [-0.3, -0.25) is 14.5 Å². The molecule has 3 fully saturated rings. The predicted octanol–water partition coefficient (Wildman–Crippen LogP) is 2.93. The first-order valence-corrected chi connectivity index (χ1v) is 10.4. The van der Waals surface area contributed by atoms with Gasteiger partial charge in [0.2, 0.25) is 5.91 Å². The number of carbonyl (C=O) groups is 3. The number of rotatable bonds is 1. The van der Waals surface area contributed by atoms with E-state index < -0.39 is 41.4 Å². The Bertz CT molecular complexity index is 730. The second kappa shape index (κ2) is 7.30. The van der Waals surface area contributed by atoms with Gasteiger partial charge < -0.3 is 14.5 Å². The van der Waals surface area contributed by atoms with Crippen molar-refractivity contribution in [3.05, 3.63) is 0 Å². The Morgan fingerprint density at radius 2 is 1.60 bits per heavy atom. The van der Waals surface area contributed by atoms with E-state index in [1.165, 1.54) is 4.90 Å². The fourth-order valence-electron chi connectivity index (χ4n) is 4.47. The molecule has 0 aromatic heterocycles. The number of piperazine rings is 1. The van der Waals surface area contributed by atoms with Gasteiger partial charge in [-0.1, -0.05) is 0 Å². The SMILES string of the molecule is C[C@H]1CN(C(=O)C(F)(F)F)C2(CC2)CN1C(=O)[C@@H]1CC[C@H](C)N1C(=O)OC(C)(C)C. The van der Waals surface area contributed by atoms with Crippen LogP contribution in [0.2, 0.25) is 0 Å². The number of hydrogen-bond donors (Lipinski definition) is 0. The van der Waals surface area contributed by atoms with Crippen molar-refractivity contribution in [3.63, 3.8) is 0 Å². The van der Waals surface area contributed by atoms with Gasteiger partial charge in [-0.25, -0.2) is 4.79 Å². The van der Waals surface area contributed by atoms with Gasteiger partial charge >= 0.3 is 18.2 Å². The van der Waals surface area contributed by atoms with Crippen molar-refractivity contribution in [1.29, 1.82) is 0 Å². The standard InChI is InChI=1S/C20H30F3N3O4/c1-12-6-7-14(26(12)17(29)30-18(3,4)5)15(27)24-11-19(8-9-19)25(10-13(24)2)16(28)20(21,22)23/h12-14H,6-11H2,1-5H3/t12-,13-,14-/m0/s1. The highest BCUT2D eigenvalue weighted by atomic mass is 19.4. The number of nitrogens with zero attached hydrogens (tertiary/aromatic N) is 3. The third kappa shape index (κ3) is 4.23. The number of carbonyl (C=O) groups excluding carboxylic acids is 3. The van der Waals surface area contributed by atoms with E-state index in [0.29, 0.717) is 25.7 Å². The highest BCUT2D eigenvalue weighted by Gasteiger charge is 2.60. The molecular formula is C20H30F3N3O4. The summed E-state index contributed by atoms with van der Waals surface area (Å²) in [6.45, 7) is 8.62. The fraction of sp³-hybridized carbons (Fsp3) is 0.850. The van der Waals surface area contributed by atoms with Gasteiger partial charge in [-0.05, 0) is 60.3 Å². The van der Waals surface area contributed by atoms with Crippen LogP contribution in [0.15, 0.2) is 0 Å². The number of hydrogen-bond acceptors (Lipinski definition) is 4. The molecule has 0 aromatic carbocycles. The largest absolute Gasteiger partial charge is 0.471 e. The van der Waals surface area contributed by atoms with Crippen molar-refractivity contribution in [2.24, 2.45) is 0 Å². The van der Waals surface area contributed by atoms with Crippen molar-refractivity contribution in [3.8, 4) is 0 Å². The Hall–Kier alpha value is -2.00. The van der Waals surface area contributed by atoms with Crippen LogP contribution in [0.3, 0.4) is 0 Å². The summed E-state index contributed by atoms with van der Waals surface area (Å²) in [4.78, 5) is 41.9. The van der Waals surface area contributed by atoms with Gasteiger partial charge in [-0.2, -0.15) is 13.2 Å². The second-order valence-corrected chi connectivity index (χ2v) is 9.78. The van der Waals surface area contributed by atoms with E-state index >= 15 is 0 Å². The molecule has 2 aliphatic heterocycles. The van der Waals surface area contributed by atoms with Crippen LogP contribution in [-0.2, 0) is 14.3 Å². The van der Waals surface area contributed by atoms with E-state index in [2.05, 4.69) is 0 Å². The molecule has 0 radical (unpaired) electrons. The lowest BCUT2D eigenvalue weighted by Crippen LogP contribution is -2.65. The van der Waals surface area contributed by atoms with E-state index in [1.807, 2.05) is 6.92 Å². The number of likely N-dealkylation sites (tertiary alicyclic amines) is 1. The molecule has 2 saturated heterocycles. The van der Waals surface area contributed by atoms with Gasteiger partial charge in [0.05, 0.1) is 5.54 Å². The highest BCUT2D eigenvalue weighted by Crippen LogP contribution is 2.47. The van der Waals surface area contributed by atoms with Crippen LogP contribution in [0.1, 0.15) is 60.3 Å². The Labute approximate surface area is 174 Å². The normalized spacial score (nSPS) is 28.7. The molecule has 0 unspecified atom stereocenters. The minimum atomic E-state index is -4.93. The lowest BCUT2D eigenvalue weighted by molar-refractivity contribution is -0.193. The summed E-state index contributed by atoms with van der Waals surface area (Å²) in [7, 11) is 0. The first kappa shape index (κ1) is 22.7. The lowest BCUT2D eigenvalue weighted by Gasteiger charge is -2.47. The zero-order valence-electron chi connectivity index (χ0n) is 18.1. The van der Waals surface area contributed by atoms with E-state index in [1.54, 1.807) is 32.6 Å². The van der Waals surface area contributed by atoms with Crippen molar-refractivity contribution in [1.82, 2.24) is 14.7 Å². The number of halogens is 3. The molecule has 1 spiro atoms. The minimum Gasteiger partial charge on any atom is -0.444 e. The van der Waals surface area contributed by atoms with Crippen LogP contribution in [0.4, 0.5) is 18.0 Å². The maximum absolute atomic E-state index is 13.4. The predicted molar refractivity (Wildman–Crippen MR) is 101 cm³/mol. The molecule has 1 saturated carbocycles. The summed E-state index contributed by atoms with van der Waals surface area (Å²) < 4.78 is 44.5. The third-order valence-electron chi connectivity index (χ3n) is 6.17. The summed E-state index contributed by atoms with van der Waals surface area (Å²) in [5.74, 6) is -2.13. The van der Waals surface area contributed by atoms with E-state index in [9.17, 15) is 27.6 Å². The molecule has 3 rings (SSSR count). The van der Waals surface area contributed by atoms with Crippen molar-refractivity contribution >= 4 is 17.9 Å². The van der Waals surface area contributed by atoms with Gasteiger partial charge in [0.1, 0.15) is 11.6 Å². The lowest BCUT2D eigenvalue weighted by atomic mass is 10.0. The number of alkyl halides is 3. The van der Waals surface area contributed by atoms with Crippen molar-refractivity contribution in [2.75, 3.05) is 13.1 Å². The molecule has 10 heteroatoms. The highest BCUT2D eigenvalue weighted by molar-refractivity contribution is 5.88. The van der Waals surface area contributed by atoms with Gasteiger partial charge in [0, 0.05) is 25.2 Å². The molecule has 2 heterocycles. The smallest absolute Gasteiger partial charge is 0.444 e. The zero-order valence-corrected chi connectivity index (χ0v) is 18.1. The van der Waals surface area contributed by atoms with Crippen molar-refractivity contribution in [2.45, 2.75) is 95.7 Å². The Kier molecular flexibility index (Phi) is 5.52. The molecule has 3 atom stereocenters. The summed E-state index contributed by atoms with van der Waals surface area (Å²) in [6, 6.07) is -1.46. The van der Waals surface area contributed by atoms with Crippen LogP contribution in [0.25, 0.3) is 0 Å². The number of ether oxygens (including phenoxy) is 1. The fourth-order valence-corrected chi connectivity index (χ4v) is 4.47. The Morgan fingerprint density at radius 3 is 2.10 bits per heavy atom. The number of amides is 3. The second-order valence-electron chi connectivity index (χ2n) is 9.78. The van der Waals surface area contributed by atoms with Crippen LogP contribution >= 0.6 is 0 Å². The average molecular weight is 433 g/mol. The average Bonchev–Trinajstić information content (AvgIpc) is 3.25. The zero-order chi connectivity index (χ0) is 22.6. The molecule has 7 nitrogen and oxygen atoms in total. The van der Waals surface area contributed by atoms with E-state index in [4.69, 9.17) is 4.74 Å². The minimum absolute atomic E-state index is 0.0574. The van der Waals surface area contributed by atoms with Gasteiger partial charge in [0.25, 0.3) is 0 Å². The molecule has 30 heavy (non-hydrogen) atoms. The van der Waals surface area contributed by atoms with Crippen molar-refractivity contribution < 1.29 is 32.3 Å². The Balaban J connectivity index is 1.77. The first-order valence-electron chi connectivity index (χ1n) is 10.4. The summed E-state index contributed by atoms with van der Waals surface area (Å²) in [6.07, 6.45) is -3.52. The molecule has 0 N–H and O–H groups in total. The maximum Gasteiger partial charge on any atom is 0.471 e. The molecule has 170 valence electrons. The summed E-state index contributed by atoms with van der Waals surface area (Å²) in [5, 5.41) is 0. The molecular weight excluding hydrogens is 403 g/mol. The van der Waals surface area contributed by atoms with Gasteiger partial charge in [-0.15, -0.1) is 0 Å². The van der Waals surface area contributed by atoms with Crippen LogP contribution in [-0.4, -0.2) is 81.1 Å².